The molecule has 13 nitrogen and oxygen atoms in total. The minimum atomic E-state index is -1.52. The van der Waals surface area contributed by atoms with E-state index in [2.05, 4.69) is 10.2 Å². The smallest absolute Gasteiger partial charge is 0.333 e. The predicted octanol–water partition coefficient (Wildman–Crippen LogP) is 3.61. The van der Waals surface area contributed by atoms with E-state index in [9.17, 15) is 28.8 Å². The topological polar surface area (TPSA) is 151 Å². The standard InChI is InChI=1S/C30H37FN6O7S/c1-17(2)14-23(38)30(4,5)36-26(40)25-18(3)27(37-32-11-12-33-37)45-28(25)35(29(36)41)16-22(44-13-10-24(39)34(6)42)20-15-19(31)8-9-21(20)43-7/h8-9,11-12,15,17,22,42H,10,13-14,16H2,1-7H3/t22-/m0/s1. The number of carbonyl (C=O) groups is 2. The summed E-state index contributed by atoms with van der Waals surface area (Å²) < 4.78 is 28.4. The Hall–Kier alpha value is -4.21. The van der Waals surface area contributed by atoms with Crippen LogP contribution in [-0.4, -0.2) is 66.9 Å². The number of nitrogens with zero attached hydrogens (tertiary/aromatic N) is 6. The summed E-state index contributed by atoms with van der Waals surface area (Å²) >= 11 is 1.11. The van der Waals surface area contributed by atoms with Gasteiger partial charge in [0.1, 0.15) is 33.0 Å². The number of amides is 1. The van der Waals surface area contributed by atoms with Crippen LogP contribution < -0.4 is 16.0 Å². The summed E-state index contributed by atoms with van der Waals surface area (Å²) in [5, 5.41) is 19.0. The van der Waals surface area contributed by atoms with E-state index in [1.807, 2.05) is 13.8 Å². The molecule has 0 bridgehead atoms. The van der Waals surface area contributed by atoms with Gasteiger partial charge in [0, 0.05) is 24.6 Å². The normalized spacial score (nSPS) is 12.6. The number of ether oxygens (including phenoxy) is 2. The van der Waals surface area contributed by atoms with Crippen LogP contribution in [0.15, 0.2) is 40.2 Å². The van der Waals surface area contributed by atoms with Gasteiger partial charge in [-0.25, -0.2) is 18.8 Å². The minimum Gasteiger partial charge on any atom is -0.496 e. The highest BCUT2D eigenvalue weighted by Gasteiger charge is 2.36. The Morgan fingerprint density at radius 3 is 2.44 bits per heavy atom. The number of hydrogen-bond donors (Lipinski definition) is 1. The molecular formula is C30H37FN6O7S. The molecule has 0 saturated heterocycles. The van der Waals surface area contributed by atoms with Crippen LogP contribution in [0.4, 0.5) is 4.39 Å². The molecule has 0 spiro atoms. The van der Waals surface area contributed by atoms with Gasteiger partial charge in [0.05, 0.1) is 44.5 Å². The van der Waals surface area contributed by atoms with Crippen molar-refractivity contribution in [1.29, 1.82) is 0 Å². The van der Waals surface area contributed by atoms with E-state index in [4.69, 9.17) is 9.47 Å². The number of Topliss-reactive ketones (excluding diaryl/α,β-unsaturated/α-hetero) is 1. The van der Waals surface area contributed by atoms with Crippen molar-refractivity contribution in [2.75, 3.05) is 20.8 Å². The summed E-state index contributed by atoms with van der Waals surface area (Å²) in [7, 11) is 2.58. The Bertz CT molecular complexity index is 1820. The lowest BCUT2D eigenvalue weighted by Gasteiger charge is -2.28. The van der Waals surface area contributed by atoms with Crippen molar-refractivity contribution >= 4 is 33.2 Å². The first kappa shape index (κ1) is 33.7. The third-order valence-electron chi connectivity index (χ3n) is 7.51. The van der Waals surface area contributed by atoms with Crippen LogP contribution in [0.3, 0.4) is 0 Å². The first-order valence-corrected chi connectivity index (χ1v) is 15.1. The van der Waals surface area contributed by atoms with Gasteiger partial charge >= 0.3 is 5.69 Å². The monoisotopic (exact) mass is 644 g/mol. The minimum absolute atomic E-state index is 0.0160. The van der Waals surface area contributed by atoms with Gasteiger partial charge in [-0.15, -0.1) is 4.80 Å². The van der Waals surface area contributed by atoms with Gasteiger partial charge in [0.2, 0.25) is 5.91 Å². The number of hydroxylamine groups is 2. The average Bonchev–Trinajstić information content (AvgIpc) is 3.61. The van der Waals surface area contributed by atoms with Crippen molar-refractivity contribution in [3.63, 3.8) is 0 Å². The van der Waals surface area contributed by atoms with E-state index in [0.29, 0.717) is 15.6 Å². The number of ketones is 1. The SMILES string of the molecule is COc1ccc(F)cc1[C@H](Cn1c(=O)n(C(C)(C)C(=O)CC(C)C)c(=O)c2c(C)c(-n3nccn3)sc21)OCCC(=O)N(C)O. The van der Waals surface area contributed by atoms with E-state index < -0.39 is 34.6 Å². The van der Waals surface area contributed by atoms with Gasteiger partial charge in [-0.2, -0.15) is 10.2 Å². The number of rotatable bonds is 13. The highest BCUT2D eigenvalue weighted by Crippen LogP contribution is 2.34. The molecule has 0 saturated carbocycles. The van der Waals surface area contributed by atoms with Crippen LogP contribution in [0.1, 0.15) is 57.8 Å². The summed E-state index contributed by atoms with van der Waals surface area (Å²) in [6.07, 6.45) is 1.82. The zero-order valence-corrected chi connectivity index (χ0v) is 27.1. The number of methoxy groups -OCH3 is 1. The van der Waals surface area contributed by atoms with Crippen LogP contribution in [0.5, 0.6) is 5.75 Å². The molecular weight excluding hydrogens is 607 g/mol. The summed E-state index contributed by atoms with van der Waals surface area (Å²) in [5.74, 6) is -1.26. The maximum Gasteiger partial charge on any atom is 0.333 e. The van der Waals surface area contributed by atoms with E-state index in [1.165, 1.54) is 68.0 Å². The first-order valence-electron chi connectivity index (χ1n) is 14.3. The predicted molar refractivity (Wildman–Crippen MR) is 165 cm³/mol. The summed E-state index contributed by atoms with van der Waals surface area (Å²) in [6.45, 7) is 8.08. The molecule has 4 aromatic rings. The van der Waals surface area contributed by atoms with E-state index in [-0.39, 0.29) is 59.2 Å². The van der Waals surface area contributed by atoms with E-state index in [0.717, 1.165) is 15.9 Å². The molecule has 15 heteroatoms. The fourth-order valence-corrected chi connectivity index (χ4v) is 6.28. The maximum atomic E-state index is 14.6. The summed E-state index contributed by atoms with van der Waals surface area (Å²) in [4.78, 5) is 55.7. The highest BCUT2D eigenvalue weighted by molar-refractivity contribution is 7.21. The largest absolute Gasteiger partial charge is 0.496 e. The number of benzene rings is 1. The Labute approximate surface area is 262 Å². The molecule has 1 atom stereocenters. The van der Waals surface area contributed by atoms with Gasteiger partial charge in [0.15, 0.2) is 5.78 Å². The number of hydrogen-bond acceptors (Lipinski definition) is 10. The number of aryl methyl sites for hydroxylation is 1. The van der Waals surface area contributed by atoms with Crippen LogP contribution >= 0.6 is 11.3 Å². The first-order chi connectivity index (χ1) is 21.2. The second kappa shape index (κ2) is 13.4. The van der Waals surface area contributed by atoms with Crippen molar-refractivity contribution in [2.45, 2.75) is 65.6 Å². The molecule has 0 aliphatic rings. The van der Waals surface area contributed by atoms with E-state index >= 15 is 0 Å². The Morgan fingerprint density at radius 2 is 1.84 bits per heavy atom. The number of aromatic nitrogens is 5. The average molecular weight is 645 g/mol. The lowest BCUT2D eigenvalue weighted by atomic mass is 9.91. The number of carbonyl (C=O) groups excluding carboxylic acids is 2. The lowest BCUT2D eigenvalue weighted by molar-refractivity contribution is -0.160. The van der Waals surface area contributed by atoms with Crippen LogP contribution in [0, 0.1) is 18.7 Å². The third-order valence-corrected chi connectivity index (χ3v) is 8.79. The van der Waals surface area contributed by atoms with Gasteiger partial charge in [-0.1, -0.05) is 25.2 Å². The third kappa shape index (κ3) is 6.74. The van der Waals surface area contributed by atoms with Crippen LogP contribution in [0.2, 0.25) is 0 Å². The fourth-order valence-electron chi connectivity index (χ4n) is 5.06. The molecule has 242 valence electrons. The maximum absolute atomic E-state index is 14.6. The molecule has 3 heterocycles. The molecule has 0 unspecified atom stereocenters. The van der Waals surface area contributed by atoms with E-state index in [1.54, 1.807) is 6.92 Å². The Balaban J connectivity index is 1.99. The lowest BCUT2D eigenvalue weighted by Crippen LogP contribution is -2.53. The fraction of sp³-hybridized carbons (Fsp3) is 0.467. The second-order valence-corrected chi connectivity index (χ2v) is 12.5. The van der Waals surface area contributed by atoms with Crippen molar-refractivity contribution in [1.82, 2.24) is 29.2 Å². The molecule has 0 radical (unpaired) electrons. The quantitative estimate of drug-likeness (QED) is 0.170. The van der Waals surface area contributed by atoms with Crippen LogP contribution in [-0.2, 0) is 26.4 Å². The van der Waals surface area contributed by atoms with Gasteiger partial charge in [-0.05, 0) is 44.9 Å². The van der Waals surface area contributed by atoms with Gasteiger partial charge in [-0.3, -0.25) is 24.2 Å². The molecule has 0 fully saturated rings. The Morgan fingerprint density at radius 1 is 1.18 bits per heavy atom. The Kier molecular flexibility index (Phi) is 10.0. The van der Waals surface area contributed by atoms with Crippen molar-refractivity contribution in [3.8, 4) is 10.8 Å². The molecule has 3 aromatic heterocycles. The molecule has 1 N–H and O–H groups in total. The molecule has 0 aliphatic heterocycles. The van der Waals surface area contributed by atoms with Crippen molar-refractivity contribution < 1.29 is 28.7 Å². The van der Waals surface area contributed by atoms with Gasteiger partial charge < -0.3 is 9.47 Å². The van der Waals surface area contributed by atoms with Crippen LogP contribution in [0.25, 0.3) is 15.2 Å². The zero-order valence-electron chi connectivity index (χ0n) is 26.2. The summed E-state index contributed by atoms with van der Waals surface area (Å²) in [6, 6.07) is 3.83. The van der Waals surface area contributed by atoms with Crippen molar-refractivity contribution in [2.24, 2.45) is 5.92 Å². The number of halogens is 1. The molecule has 4 rings (SSSR count). The summed E-state index contributed by atoms with van der Waals surface area (Å²) in [5.41, 5.74) is -2.18. The van der Waals surface area contributed by atoms with Crippen molar-refractivity contribution in [3.05, 3.63) is 68.4 Å². The number of thiophene rings is 1. The molecule has 45 heavy (non-hydrogen) atoms. The number of fused-ring (bicyclic) bond motifs is 1. The molecule has 1 aromatic carbocycles. The molecule has 0 aliphatic carbocycles. The zero-order chi connectivity index (χ0) is 33.2. The highest BCUT2D eigenvalue weighted by atomic mass is 32.1. The van der Waals surface area contributed by atoms with Gasteiger partial charge in [0.25, 0.3) is 5.56 Å². The molecule has 1 amide bonds. The second-order valence-electron chi connectivity index (χ2n) is 11.6.